The van der Waals surface area contributed by atoms with Crippen LogP contribution < -0.4 is 10.1 Å². The number of nitrogens with one attached hydrogen (secondary N) is 1. The molecule has 3 nitrogen and oxygen atoms in total. The Labute approximate surface area is 105 Å². The van der Waals surface area contributed by atoms with Gasteiger partial charge in [0.1, 0.15) is 17.4 Å². The average Bonchev–Trinajstić information content (AvgIpc) is 2.33. The third-order valence-corrected chi connectivity index (χ3v) is 2.09. The molecule has 19 heavy (non-hydrogen) atoms. The molecule has 1 N–H and O–H groups in total. The number of aromatic nitrogens is 1. The molecular weight excluding hydrogens is 264 g/mol. The van der Waals surface area contributed by atoms with Crippen molar-refractivity contribution in [1.82, 2.24) is 4.98 Å². The minimum atomic E-state index is -4.71. The van der Waals surface area contributed by atoms with Gasteiger partial charge in [0.05, 0.1) is 6.20 Å². The second kappa shape index (κ2) is 5.13. The van der Waals surface area contributed by atoms with Crippen molar-refractivity contribution >= 4 is 11.5 Å². The van der Waals surface area contributed by atoms with E-state index in [2.05, 4.69) is 15.0 Å². The molecule has 0 aliphatic heterocycles. The molecule has 1 aromatic heterocycles. The monoisotopic (exact) mass is 272 g/mol. The lowest BCUT2D eigenvalue weighted by atomic mass is 10.3. The van der Waals surface area contributed by atoms with Crippen molar-refractivity contribution in [3.63, 3.8) is 0 Å². The van der Waals surface area contributed by atoms with Gasteiger partial charge in [-0.25, -0.2) is 9.37 Å². The second-order valence-electron chi connectivity index (χ2n) is 3.56. The van der Waals surface area contributed by atoms with Crippen molar-refractivity contribution in [2.75, 3.05) is 5.32 Å². The van der Waals surface area contributed by atoms with E-state index in [1.54, 1.807) is 0 Å². The number of hydrogen-bond donors (Lipinski definition) is 1. The summed E-state index contributed by atoms with van der Waals surface area (Å²) in [5, 5.41) is 2.81. The number of ether oxygens (including phenoxy) is 1. The van der Waals surface area contributed by atoms with Gasteiger partial charge in [-0.2, -0.15) is 0 Å². The van der Waals surface area contributed by atoms with Crippen LogP contribution in [0.25, 0.3) is 0 Å². The molecule has 2 aromatic rings. The predicted octanol–water partition coefficient (Wildman–Crippen LogP) is 3.86. The first kappa shape index (κ1) is 13.1. The Morgan fingerprint density at radius 2 is 1.68 bits per heavy atom. The highest BCUT2D eigenvalue weighted by Crippen LogP contribution is 2.24. The number of nitrogens with zero attached hydrogens (tertiary/aromatic N) is 1. The molecule has 0 spiro atoms. The number of alkyl halides is 3. The average molecular weight is 272 g/mol. The molecular formula is C12H8F4N2O. The summed E-state index contributed by atoms with van der Waals surface area (Å²) < 4.78 is 52.2. The van der Waals surface area contributed by atoms with E-state index in [4.69, 9.17) is 0 Å². The standard InChI is InChI=1S/C12H8F4N2O/c13-8-1-6-11(17-7-8)18-9-2-4-10(5-3-9)19-12(14,15)16/h1-7H,(H,17,18). The summed E-state index contributed by atoms with van der Waals surface area (Å²) in [6, 6.07) is 7.75. The van der Waals surface area contributed by atoms with Crippen LogP contribution in [0.1, 0.15) is 0 Å². The third-order valence-electron chi connectivity index (χ3n) is 2.09. The Hall–Kier alpha value is -2.31. The number of anilines is 2. The summed E-state index contributed by atoms with van der Waals surface area (Å²) in [5.41, 5.74) is 0.508. The summed E-state index contributed by atoms with van der Waals surface area (Å²) in [4.78, 5) is 3.76. The van der Waals surface area contributed by atoms with Crippen molar-refractivity contribution in [1.29, 1.82) is 0 Å². The van der Waals surface area contributed by atoms with Crippen molar-refractivity contribution < 1.29 is 22.3 Å². The molecule has 0 radical (unpaired) electrons. The van der Waals surface area contributed by atoms with E-state index < -0.39 is 12.2 Å². The first-order valence-electron chi connectivity index (χ1n) is 5.17. The topological polar surface area (TPSA) is 34.1 Å². The number of halogens is 4. The molecule has 2 rings (SSSR count). The van der Waals surface area contributed by atoms with Crippen LogP contribution >= 0.6 is 0 Å². The molecule has 0 bridgehead atoms. The molecule has 0 unspecified atom stereocenters. The maximum Gasteiger partial charge on any atom is 0.573 e. The fraction of sp³-hybridized carbons (Fsp3) is 0.0833. The van der Waals surface area contributed by atoms with E-state index in [0.29, 0.717) is 11.5 Å². The van der Waals surface area contributed by atoms with Crippen LogP contribution in [0.2, 0.25) is 0 Å². The Morgan fingerprint density at radius 1 is 1.00 bits per heavy atom. The van der Waals surface area contributed by atoms with Crippen LogP contribution in [0.4, 0.5) is 29.1 Å². The van der Waals surface area contributed by atoms with Crippen LogP contribution in [0.5, 0.6) is 5.75 Å². The zero-order valence-electron chi connectivity index (χ0n) is 9.41. The minimum Gasteiger partial charge on any atom is -0.406 e. The van der Waals surface area contributed by atoms with Crippen LogP contribution in [0.3, 0.4) is 0 Å². The zero-order chi connectivity index (χ0) is 13.9. The summed E-state index contributed by atoms with van der Waals surface area (Å²) >= 11 is 0. The molecule has 7 heteroatoms. The fourth-order valence-corrected chi connectivity index (χ4v) is 1.34. The highest BCUT2D eigenvalue weighted by atomic mass is 19.4. The smallest absolute Gasteiger partial charge is 0.406 e. The van der Waals surface area contributed by atoms with E-state index in [1.165, 1.54) is 36.4 Å². The number of rotatable bonds is 3. The summed E-state index contributed by atoms with van der Waals surface area (Å²) in [6.45, 7) is 0. The van der Waals surface area contributed by atoms with E-state index in [0.717, 1.165) is 6.20 Å². The summed E-state index contributed by atoms with van der Waals surface area (Å²) in [6.07, 6.45) is -3.68. The van der Waals surface area contributed by atoms with Gasteiger partial charge in [-0.3, -0.25) is 0 Å². The molecule has 0 aliphatic rings. The highest BCUT2D eigenvalue weighted by molar-refractivity contribution is 5.56. The highest BCUT2D eigenvalue weighted by Gasteiger charge is 2.30. The van der Waals surface area contributed by atoms with Crippen LogP contribution in [-0.4, -0.2) is 11.3 Å². The molecule has 0 aliphatic carbocycles. The molecule has 1 heterocycles. The third kappa shape index (κ3) is 4.13. The molecule has 0 saturated carbocycles. The normalized spacial score (nSPS) is 11.2. The van der Waals surface area contributed by atoms with Crippen molar-refractivity contribution in [2.24, 2.45) is 0 Å². The van der Waals surface area contributed by atoms with Gasteiger partial charge in [-0.05, 0) is 36.4 Å². The van der Waals surface area contributed by atoms with Crippen LogP contribution in [0, 0.1) is 5.82 Å². The van der Waals surface area contributed by atoms with Gasteiger partial charge in [0.15, 0.2) is 0 Å². The molecule has 0 saturated heterocycles. The number of pyridine rings is 1. The van der Waals surface area contributed by atoms with Gasteiger partial charge in [0.2, 0.25) is 0 Å². The maximum absolute atomic E-state index is 12.6. The van der Waals surface area contributed by atoms with Gasteiger partial charge in [0.25, 0.3) is 0 Å². The van der Waals surface area contributed by atoms with Gasteiger partial charge in [-0.15, -0.1) is 13.2 Å². The molecule has 0 atom stereocenters. The predicted molar refractivity (Wildman–Crippen MR) is 60.6 cm³/mol. The second-order valence-corrected chi connectivity index (χ2v) is 3.56. The van der Waals surface area contributed by atoms with Gasteiger partial charge < -0.3 is 10.1 Å². The van der Waals surface area contributed by atoms with E-state index in [-0.39, 0.29) is 5.75 Å². The lowest BCUT2D eigenvalue weighted by molar-refractivity contribution is -0.274. The molecule has 1 aromatic carbocycles. The Morgan fingerprint density at radius 3 is 2.21 bits per heavy atom. The van der Waals surface area contributed by atoms with E-state index >= 15 is 0 Å². The SMILES string of the molecule is Fc1ccc(Nc2ccc(OC(F)(F)F)cc2)nc1. The van der Waals surface area contributed by atoms with Crippen molar-refractivity contribution in [3.05, 3.63) is 48.4 Å². The first-order chi connectivity index (χ1) is 8.92. The Kier molecular flexibility index (Phi) is 3.55. The summed E-state index contributed by atoms with van der Waals surface area (Å²) in [7, 11) is 0. The Bertz CT molecular complexity index is 537. The fourth-order valence-electron chi connectivity index (χ4n) is 1.34. The van der Waals surface area contributed by atoms with Gasteiger partial charge in [-0.1, -0.05) is 0 Å². The van der Waals surface area contributed by atoms with Crippen molar-refractivity contribution in [2.45, 2.75) is 6.36 Å². The van der Waals surface area contributed by atoms with Gasteiger partial charge >= 0.3 is 6.36 Å². The van der Waals surface area contributed by atoms with Crippen molar-refractivity contribution in [3.8, 4) is 5.75 Å². The lowest BCUT2D eigenvalue weighted by Crippen LogP contribution is -2.16. The largest absolute Gasteiger partial charge is 0.573 e. The summed E-state index contributed by atoms with van der Waals surface area (Å²) in [5.74, 6) is -0.407. The first-order valence-corrected chi connectivity index (χ1v) is 5.17. The van der Waals surface area contributed by atoms with Gasteiger partial charge in [0, 0.05) is 5.69 Å². The van der Waals surface area contributed by atoms with Crippen LogP contribution in [-0.2, 0) is 0 Å². The van der Waals surface area contributed by atoms with E-state index in [1.807, 2.05) is 0 Å². The molecule has 0 fully saturated rings. The molecule has 0 amide bonds. The minimum absolute atomic E-state index is 0.315. The van der Waals surface area contributed by atoms with E-state index in [9.17, 15) is 17.6 Å². The zero-order valence-corrected chi connectivity index (χ0v) is 9.41. The quantitative estimate of drug-likeness (QED) is 0.861. The lowest BCUT2D eigenvalue weighted by Gasteiger charge is -2.10. The molecule has 100 valence electrons. The Balaban J connectivity index is 2.04. The maximum atomic E-state index is 12.6. The number of hydrogen-bond acceptors (Lipinski definition) is 3. The number of benzene rings is 1. The van der Waals surface area contributed by atoms with Crippen LogP contribution in [0.15, 0.2) is 42.6 Å².